The fourth-order valence-electron chi connectivity index (χ4n) is 3.80. The molecule has 174 valence electrons. The highest BCUT2D eigenvalue weighted by molar-refractivity contribution is 5.76. The number of benzene rings is 4. The van der Waals surface area contributed by atoms with Gasteiger partial charge in [0.1, 0.15) is 30.5 Å². The Bertz CT molecular complexity index is 1440. The highest BCUT2D eigenvalue weighted by Crippen LogP contribution is 2.42. The van der Waals surface area contributed by atoms with Crippen molar-refractivity contribution in [1.29, 1.82) is 0 Å². The lowest BCUT2D eigenvalue weighted by molar-refractivity contribution is 0.290. The van der Waals surface area contributed by atoms with E-state index in [0.717, 1.165) is 16.7 Å². The van der Waals surface area contributed by atoms with Crippen molar-refractivity contribution in [2.45, 2.75) is 13.2 Å². The summed E-state index contributed by atoms with van der Waals surface area (Å²) in [4.78, 5) is 11.9. The van der Waals surface area contributed by atoms with Crippen LogP contribution in [0.1, 0.15) is 11.1 Å². The molecule has 35 heavy (non-hydrogen) atoms. The van der Waals surface area contributed by atoms with Crippen molar-refractivity contribution in [1.82, 2.24) is 0 Å². The van der Waals surface area contributed by atoms with Crippen LogP contribution in [0.3, 0.4) is 0 Å². The van der Waals surface area contributed by atoms with E-state index in [2.05, 4.69) is 0 Å². The Morgan fingerprint density at radius 2 is 1.37 bits per heavy atom. The van der Waals surface area contributed by atoms with Gasteiger partial charge in [-0.1, -0.05) is 60.7 Å². The molecule has 0 N–H and O–H groups in total. The van der Waals surface area contributed by atoms with Crippen LogP contribution in [0.5, 0.6) is 17.2 Å². The van der Waals surface area contributed by atoms with Crippen LogP contribution in [0.4, 0.5) is 0 Å². The Kier molecular flexibility index (Phi) is 6.48. The molecular weight excluding hydrogens is 440 g/mol. The van der Waals surface area contributed by atoms with Gasteiger partial charge < -0.3 is 18.6 Å². The van der Waals surface area contributed by atoms with Gasteiger partial charge in [-0.05, 0) is 41.5 Å². The molecule has 1 aliphatic carbocycles. The molecule has 5 nitrogen and oxygen atoms in total. The van der Waals surface area contributed by atoms with Crippen molar-refractivity contribution >= 4 is 0 Å². The third-order valence-corrected chi connectivity index (χ3v) is 5.61. The van der Waals surface area contributed by atoms with Gasteiger partial charge in [0.15, 0.2) is 16.9 Å². The molecule has 0 spiro atoms. The highest BCUT2D eigenvalue weighted by Gasteiger charge is 2.19. The van der Waals surface area contributed by atoms with Gasteiger partial charge in [0.2, 0.25) is 0 Å². The standard InChI is InChI=1S/C30H24O5/c1-32-29-16-23-12-13-24(31)17-27(23)35-30(29)26-15-14-25(33-19-21-8-4-2-5-9-21)18-28(26)34-20-22-10-6-3-7-11-22/h2-18H,19-20H2,1H3. The molecule has 3 aromatic carbocycles. The minimum Gasteiger partial charge on any atom is -0.493 e. The fraction of sp³-hybridized carbons (Fsp3) is 0.100. The molecule has 0 saturated carbocycles. The van der Waals surface area contributed by atoms with Crippen molar-refractivity contribution in [2.24, 2.45) is 0 Å². The maximum absolute atomic E-state index is 11.9. The van der Waals surface area contributed by atoms with Crippen LogP contribution in [0.2, 0.25) is 0 Å². The molecule has 5 rings (SSSR count). The Labute approximate surface area is 203 Å². The summed E-state index contributed by atoms with van der Waals surface area (Å²) in [5.41, 5.74) is 3.46. The summed E-state index contributed by atoms with van der Waals surface area (Å²) in [6.45, 7) is 0.810. The first-order valence-electron chi connectivity index (χ1n) is 11.3. The van der Waals surface area contributed by atoms with Gasteiger partial charge in [0.25, 0.3) is 0 Å². The minimum absolute atomic E-state index is 0.123. The first-order chi connectivity index (χ1) is 17.2. The lowest BCUT2D eigenvalue weighted by Crippen LogP contribution is -2.01. The van der Waals surface area contributed by atoms with E-state index in [1.54, 1.807) is 13.2 Å². The Morgan fingerprint density at radius 1 is 0.686 bits per heavy atom. The second kappa shape index (κ2) is 10.2. The number of methoxy groups -OCH3 is 1. The molecular formula is C30H24O5. The molecule has 3 aromatic rings. The smallest absolute Gasteiger partial charge is 0.182 e. The molecule has 5 heteroatoms. The van der Waals surface area contributed by atoms with Crippen LogP contribution in [0.25, 0.3) is 22.6 Å². The number of hydrogen-bond donors (Lipinski definition) is 0. The Hall–Kier alpha value is -4.51. The molecule has 0 bridgehead atoms. The van der Waals surface area contributed by atoms with Crippen LogP contribution in [0, 0.1) is 0 Å². The van der Waals surface area contributed by atoms with Gasteiger partial charge in [-0.15, -0.1) is 0 Å². The Morgan fingerprint density at radius 3 is 2.06 bits per heavy atom. The van der Waals surface area contributed by atoms with E-state index >= 15 is 0 Å². The van der Waals surface area contributed by atoms with E-state index in [4.69, 9.17) is 18.6 Å². The zero-order chi connectivity index (χ0) is 24.0. The molecule has 0 aromatic heterocycles. The predicted molar refractivity (Wildman–Crippen MR) is 135 cm³/mol. The van der Waals surface area contributed by atoms with Crippen LogP contribution in [0.15, 0.2) is 112 Å². The summed E-state index contributed by atoms with van der Waals surface area (Å²) < 4.78 is 24.1. The van der Waals surface area contributed by atoms with Gasteiger partial charge >= 0.3 is 0 Å². The summed E-state index contributed by atoms with van der Waals surface area (Å²) in [5, 5.41) is 0. The van der Waals surface area contributed by atoms with Gasteiger partial charge in [-0.2, -0.15) is 0 Å². The zero-order valence-electron chi connectivity index (χ0n) is 19.3. The van der Waals surface area contributed by atoms with Crippen LogP contribution < -0.4 is 19.6 Å². The molecule has 0 amide bonds. The summed E-state index contributed by atoms with van der Waals surface area (Å²) in [7, 11) is 1.59. The summed E-state index contributed by atoms with van der Waals surface area (Å²) in [5.74, 6) is 2.75. The van der Waals surface area contributed by atoms with Gasteiger partial charge in [-0.25, -0.2) is 0 Å². The molecule has 0 saturated heterocycles. The SMILES string of the molecule is COc1cc2ccc(=O)cc-2oc1-c1ccc(OCc2ccccc2)cc1OCc1ccccc1. The molecule has 0 radical (unpaired) electrons. The normalized spacial score (nSPS) is 10.8. The first kappa shape index (κ1) is 22.3. The predicted octanol–water partition coefficient (Wildman–Crippen LogP) is 6.58. The highest BCUT2D eigenvalue weighted by atomic mass is 16.5. The van der Waals surface area contributed by atoms with Crippen molar-refractivity contribution < 1.29 is 18.6 Å². The lowest BCUT2D eigenvalue weighted by Gasteiger charge is -2.17. The third kappa shape index (κ3) is 5.20. The van der Waals surface area contributed by atoms with E-state index in [1.165, 1.54) is 12.1 Å². The number of hydrogen-bond acceptors (Lipinski definition) is 5. The number of ether oxygens (including phenoxy) is 3. The maximum Gasteiger partial charge on any atom is 0.182 e. The molecule has 0 unspecified atom stereocenters. The number of rotatable bonds is 8. The van der Waals surface area contributed by atoms with E-state index in [-0.39, 0.29) is 5.43 Å². The van der Waals surface area contributed by atoms with E-state index < -0.39 is 0 Å². The largest absolute Gasteiger partial charge is 0.493 e. The summed E-state index contributed by atoms with van der Waals surface area (Å²) in [6, 6.07) is 32.1. The Balaban J connectivity index is 1.54. The average molecular weight is 465 g/mol. The third-order valence-electron chi connectivity index (χ3n) is 5.61. The molecule has 0 atom stereocenters. The second-order valence-electron chi connectivity index (χ2n) is 8.05. The van der Waals surface area contributed by atoms with Crippen LogP contribution in [-0.2, 0) is 13.2 Å². The molecule has 2 aliphatic rings. The quantitative estimate of drug-likeness (QED) is 0.260. The fourth-order valence-corrected chi connectivity index (χ4v) is 3.80. The minimum atomic E-state index is -0.123. The van der Waals surface area contributed by atoms with Gasteiger partial charge in [-0.3, -0.25) is 4.79 Å². The topological polar surface area (TPSA) is 57.9 Å². The first-order valence-corrected chi connectivity index (χ1v) is 11.3. The summed E-state index contributed by atoms with van der Waals surface area (Å²) in [6.07, 6.45) is 0. The van der Waals surface area contributed by atoms with E-state index in [9.17, 15) is 4.79 Å². The maximum atomic E-state index is 11.9. The van der Waals surface area contributed by atoms with Crippen LogP contribution in [-0.4, -0.2) is 7.11 Å². The average Bonchev–Trinajstić information content (AvgIpc) is 2.91. The van der Waals surface area contributed by atoms with Crippen molar-refractivity contribution in [2.75, 3.05) is 7.11 Å². The van der Waals surface area contributed by atoms with Crippen molar-refractivity contribution in [3.05, 3.63) is 124 Å². The zero-order valence-corrected chi connectivity index (χ0v) is 19.3. The molecule has 1 heterocycles. The molecule has 1 aliphatic heterocycles. The van der Waals surface area contributed by atoms with Crippen molar-refractivity contribution in [3.63, 3.8) is 0 Å². The van der Waals surface area contributed by atoms with Crippen LogP contribution >= 0.6 is 0 Å². The summed E-state index contributed by atoms with van der Waals surface area (Å²) >= 11 is 0. The second-order valence-corrected chi connectivity index (χ2v) is 8.05. The van der Waals surface area contributed by atoms with E-state index in [0.29, 0.717) is 47.5 Å². The molecule has 0 fully saturated rings. The lowest BCUT2D eigenvalue weighted by atomic mass is 10.1. The van der Waals surface area contributed by atoms with Crippen molar-refractivity contribution in [3.8, 4) is 39.9 Å². The van der Waals surface area contributed by atoms with E-state index in [1.807, 2.05) is 84.9 Å². The number of fused-ring (bicyclic) bond motifs is 1. The van der Waals surface area contributed by atoms with Gasteiger partial charge in [0.05, 0.1) is 12.7 Å². The monoisotopic (exact) mass is 464 g/mol. The van der Waals surface area contributed by atoms with Gasteiger partial charge in [0, 0.05) is 17.7 Å².